The quantitative estimate of drug-likeness (QED) is 0.849. The highest BCUT2D eigenvalue weighted by molar-refractivity contribution is 6.30. The zero-order chi connectivity index (χ0) is 14.5. The van der Waals surface area contributed by atoms with Crippen molar-refractivity contribution in [3.63, 3.8) is 0 Å². The predicted octanol–water partition coefficient (Wildman–Crippen LogP) is 3.65. The molecule has 0 bridgehead atoms. The summed E-state index contributed by atoms with van der Waals surface area (Å²) in [5.41, 5.74) is -1.37. The molecule has 0 fully saturated rings. The summed E-state index contributed by atoms with van der Waals surface area (Å²) in [5.74, 6) is 0. The number of halogens is 4. The van der Waals surface area contributed by atoms with E-state index in [1.807, 2.05) is 0 Å². The normalized spacial score (nSPS) is 11.7. The highest BCUT2D eigenvalue weighted by Gasteiger charge is 2.37. The van der Waals surface area contributed by atoms with Crippen molar-refractivity contribution in [2.24, 2.45) is 5.41 Å². The van der Waals surface area contributed by atoms with Crippen LogP contribution in [0, 0.1) is 28.1 Å². The molecular weight excluding hydrogens is 279 g/mol. The molecule has 0 atom stereocenters. The van der Waals surface area contributed by atoms with Gasteiger partial charge in [0.15, 0.2) is 0 Å². The number of alkyl halides is 3. The molecule has 3 nitrogen and oxygen atoms in total. The van der Waals surface area contributed by atoms with Crippen molar-refractivity contribution in [1.82, 2.24) is 4.98 Å². The third kappa shape index (κ3) is 4.76. The minimum Gasteiger partial charge on any atom is -0.260 e. The van der Waals surface area contributed by atoms with E-state index in [1.165, 1.54) is 18.3 Å². The molecular formula is C12H9ClF3N3. The lowest BCUT2D eigenvalue weighted by Crippen LogP contribution is -2.23. The van der Waals surface area contributed by atoms with Gasteiger partial charge in [0.05, 0.1) is 17.2 Å². The Labute approximate surface area is 113 Å². The smallest absolute Gasteiger partial charge is 0.260 e. The molecule has 0 saturated carbocycles. The molecule has 0 spiro atoms. The maximum absolute atomic E-state index is 12.2. The summed E-state index contributed by atoms with van der Waals surface area (Å²) in [6.07, 6.45) is -4.99. The molecule has 0 N–H and O–H groups in total. The lowest BCUT2D eigenvalue weighted by Gasteiger charge is -2.18. The largest absolute Gasteiger partial charge is 0.389 e. The van der Waals surface area contributed by atoms with E-state index in [0.29, 0.717) is 10.7 Å². The van der Waals surface area contributed by atoms with Gasteiger partial charge in [-0.05, 0) is 18.6 Å². The number of aromatic nitrogens is 1. The van der Waals surface area contributed by atoms with Gasteiger partial charge < -0.3 is 0 Å². The Morgan fingerprint density at radius 3 is 2.21 bits per heavy atom. The summed E-state index contributed by atoms with van der Waals surface area (Å²) in [5, 5.41) is 18.4. The SMILES string of the molecule is N#CC(C#N)(CCC(F)(F)F)Cc1ccc(Cl)cn1. The molecule has 0 unspecified atom stereocenters. The van der Waals surface area contributed by atoms with E-state index < -0.39 is 24.4 Å². The molecule has 0 aromatic carbocycles. The van der Waals surface area contributed by atoms with Crippen molar-refractivity contribution in [3.8, 4) is 12.1 Å². The van der Waals surface area contributed by atoms with E-state index in [0.717, 1.165) is 0 Å². The lowest BCUT2D eigenvalue weighted by molar-refractivity contribution is -0.138. The number of nitrogens with zero attached hydrogens (tertiary/aromatic N) is 3. The first-order chi connectivity index (χ1) is 8.80. The Balaban J connectivity index is 2.86. The van der Waals surface area contributed by atoms with Gasteiger partial charge in [0, 0.05) is 24.7 Å². The monoisotopic (exact) mass is 287 g/mol. The van der Waals surface area contributed by atoms with Crippen LogP contribution in [0.1, 0.15) is 18.5 Å². The summed E-state index contributed by atoms with van der Waals surface area (Å²) < 4.78 is 36.6. The van der Waals surface area contributed by atoms with Crippen molar-refractivity contribution in [1.29, 1.82) is 10.5 Å². The zero-order valence-electron chi connectivity index (χ0n) is 9.71. The number of hydrogen-bond donors (Lipinski definition) is 0. The number of rotatable bonds is 4. The third-order valence-corrected chi connectivity index (χ3v) is 2.76. The number of nitriles is 2. The molecule has 1 aromatic rings. The van der Waals surface area contributed by atoms with Gasteiger partial charge in [0.1, 0.15) is 5.41 Å². The third-order valence-electron chi connectivity index (χ3n) is 2.53. The first kappa shape index (κ1) is 15.3. The highest BCUT2D eigenvalue weighted by Crippen LogP contribution is 2.32. The minimum atomic E-state index is -4.40. The fourth-order valence-electron chi connectivity index (χ4n) is 1.48. The molecule has 0 aliphatic rings. The van der Waals surface area contributed by atoms with Crippen LogP contribution < -0.4 is 0 Å². The predicted molar refractivity (Wildman–Crippen MR) is 61.9 cm³/mol. The van der Waals surface area contributed by atoms with Crippen LogP contribution in [0.25, 0.3) is 0 Å². The molecule has 0 radical (unpaired) electrons. The van der Waals surface area contributed by atoms with E-state index in [2.05, 4.69) is 4.98 Å². The summed E-state index contributed by atoms with van der Waals surface area (Å²) in [6.45, 7) is 0. The Hall–Kier alpha value is -1.79. The molecule has 0 saturated heterocycles. The number of pyridine rings is 1. The van der Waals surface area contributed by atoms with E-state index in [4.69, 9.17) is 22.1 Å². The molecule has 19 heavy (non-hydrogen) atoms. The molecule has 0 aliphatic heterocycles. The second-order valence-corrected chi connectivity index (χ2v) is 4.50. The van der Waals surface area contributed by atoms with Crippen LogP contribution in [-0.2, 0) is 6.42 Å². The fourth-order valence-corrected chi connectivity index (χ4v) is 1.59. The van der Waals surface area contributed by atoms with Crippen LogP contribution in [0.2, 0.25) is 5.02 Å². The van der Waals surface area contributed by atoms with Gasteiger partial charge in [-0.25, -0.2) is 0 Å². The van der Waals surface area contributed by atoms with Crippen LogP contribution in [0.5, 0.6) is 0 Å². The molecule has 7 heteroatoms. The molecule has 0 amide bonds. The second-order valence-electron chi connectivity index (χ2n) is 4.07. The molecule has 1 rings (SSSR count). The Kier molecular flexibility index (Phi) is 4.74. The molecule has 100 valence electrons. The summed E-state index contributed by atoms with van der Waals surface area (Å²) >= 11 is 5.63. The molecule has 0 aliphatic carbocycles. The maximum Gasteiger partial charge on any atom is 0.389 e. The Bertz CT molecular complexity index is 497. The summed E-state index contributed by atoms with van der Waals surface area (Å²) in [7, 11) is 0. The molecule has 1 heterocycles. The average Bonchev–Trinajstić information content (AvgIpc) is 2.36. The second kappa shape index (κ2) is 5.90. The zero-order valence-corrected chi connectivity index (χ0v) is 10.5. The summed E-state index contributed by atoms with van der Waals surface area (Å²) in [4.78, 5) is 3.89. The van der Waals surface area contributed by atoms with Gasteiger partial charge in [0.2, 0.25) is 0 Å². The number of hydrogen-bond acceptors (Lipinski definition) is 3. The van der Waals surface area contributed by atoms with E-state index in [-0.39, 0.29) is 6.42 Å². The molecule has 1 aromatic heterocycles. The van der Waals surface area contributed by atoms with Crippen molar-refractivity contribution >= 4 is 11.6 Å². The van der Waals surface area contributed by atoms with Crippen LogP contribution in [0.3, 0.4) is 0 Å². The van der Waals surface area contributed by atoms with Crippen LogP contribution in [0.15, 0.2) is 18.3 Å². The lowest BCUT2D eigenvalue weighted by atomic mass is 9.81. The van der Waals surface area contributed by atoms with Gasteiger partial charge in [-0.3, -0.25) is 4.98 Å². The van der Waals surface area contributed by atoms with Crippen molar-refractivity contribution in [3.05, 3.63) is 29.0 Å². The minimum absolute atomic E-state index is 0.159. The Morgan fingerprint density at radius 2 is 1.79 bits per heavy atom. The van der Waals surface area contributed by atoms with Crippen LogP contribution in [-0.4, -0.2) is 11.2 Å². The first-order valence-electron chi connectivity index (χ1n) is 5.30. The van der Waals surface area contributed by atoms with Crippen molar-refractivity contribution in [2.45, 2.75) is 25.4 Å². The van der Waals surface area contributed by atoms with Gasteiger partial charge in [-0.15, -0.1) is 0 Å². The van der Waals surface area contributed by atoms with Gasteiger partial charge >= 0.3 is 6.18 Å². The van der Waals surface area contributed by atoms with E-state index >= 15 is 0 Å². The van der Waals surface area contributed by atoms with Crippen molar-refractivity contribution in [2.75, 3.05) is 0 Å². The van der Waals surface area contributed by atoms with Gasteiger partial charge in [0.25, 0.3) is 0 Å². The fraction of sp³-hybridized carbons (Fsp3) is 0.417. The Morgan fingerprint density at radius 1 is 1.16 bits per heavy atom. The first-order valence-corrected chi connectivity index (χ1v) is 5.68. The topological polar surface area (TPSA) is 60.5 Å². The van der Waals surface area contributed by atoms with Crippen LogP contribution >= 0.6 is 11.6 Å². The van der Waals surface area contributed by atoms with E-state index in [9.17, 15) is 13.2 Å². The van der Waals surface area contributed by atoms with Gasteiger partial charge in [-0.2, -0.15) is 23.7 Å². The maximum atomic E-state index is 12.2. The summed E-state index contributed by atoms with van der Waals surface area (Å²) in [6, 6.07) is 6.33. The van der Waals surface area contributed by atoms with Crippen LogP contribution in [0.4, 0.5) is 13.2 Å². The average molecular weight is 288 g/mol. The standard InChI is InChI=1S/C12H9ClF3N3/c13-9-1-2-10(19-6-9)5-11(7-17,8-18)3-4-12(14,15)16/h1-2,6H,3-5H2. The van der Waals surface area contributed by atoms with E-state index in [1.54, 1.807) is 12.1 Å². The van der Waals surface area contributed by atoms with Gasteiger partial charge in [-0.1, -0.05) is 11.6 Å². The highest BCUT2D eigenvalue weighted by atomic mass is 35.5. The van der Waals surface area contributed by atoms with Crippen molar-refractivity contribution < 1.29 is 13.2 Å².